The molecular weight excluding hydrogens is 348 g/mol. The summed E-state index contributed by atoms with van der Waals surface area (Å²) in [7, 11) is 1.58. The highest BCUT2D eigenvalue weighted by Gasteiger charge is 2.09. The van der Waals surface area contributed by atoms with E-state index in [4.69, 9.17) is 13.9 Å². The average Bonchev–Trinajstić information content (AvgIpc) is 3.23. The summed E-state index contributed by atoms with van der Waals surface area (Å²) in [5.74, 6) is 0.827. The van der Waals surface area contributed by atoms with Crippen LogP contribution in [0.3, 0.4) is 0 Å². The first-order valence-electron chi connectivity index (χ1n) is 8.15. The molecule has 7 nitrogen and oxygen atoms in total. The molecule has 0 bridgehead atoms. The molecule has 2 amide bonds. The molecule has 27 heavy (non-hydrogen) atoms. The molecule has 1 aromatic heterocycles. The van der Waals surface area contributed by atoms with Gasteiger partial charge in [-0.1, -0.05) is 0 Å². The van der Waals surface area contributed by atoms with Gasteiger partial charge in [-0.3, -0.25) is 9.59 Å². The molecule has 1 heterocycles. The van der Waals surface area contributed by atoms with Gasteiger partial charge in [-0.25, -0.2) is 0 Å². The summed E-state index contributed by atoms with van der Waals surface area (Å²) < 4.78 is 15.5. The number of nitrogens with one attached hydrogen (secondary N) is 2. The van der Waals surface area contributed by atoms with Gasteiger partial charge in [-0.2, -0.15) is 0 Å². The van der Waals surface area contributed by atoms with E-state index in [1.807, 2.05) is 0 Å². The number of furan rings is 1. The molecule has 0 saturated carbocycles. The minimum Gasteiger partial charge on any atom is -0.497 e. The predicted molar refractivity (Wildman–Crippen MR) is 100 cm³/mol. The maximum Gasteiger partial charge on any atom is 0.291 e. The van der Waals surface area contributed by atoms with Crippen LogP contribution >= 0.6 is 0 Å². The molecule has 0 aliphatic carbocycles. The van der Waals surface area contributed by atoms with Gasteiger partial charge < -0.3 is 24.5 Å². The molecular formula is C20H18N2O5. The Morgan fingerprint density at radius 2 is 1.52 bits per heavy atom. The molecule has 7 heteroatoms. The smallest absolute Gasteiger partial charge is 0.291 e. The molecule has 0 aliphatic heterocycles. The number of amides is 2. The standard InChI is InChI=1S/C20H18N2O5/c1-25-16-8-4-14(5-9-16)21-19(23)13-27-17-10-6-15(7-11-17)22-20(24)18-3-2-12-26-18/h2-12H,13H2,1H3,(H,21,23)(H,22,24). The van der Waals surface area contributed by atoms with Crippen molar-refractivity contribution in [2.75, 3.05) is 24.4 Å². The van der Waals surface area contributed by atoms with Gasteiger partial charge >= 0.3 is 0 Å². The minimum atomic E-state index is -0.340. The topological polar surface area (TPSA) is 89.8 Å². The third kappa shape index (κ3) is 5.12. The summed E-state index contributed by atoms with van der Waals surface area (Å²) in [4.78, 5) is 23.8. The van der Waals surface area contributed by atoms with Crippen molar-refractivity contribution < 1.29 is 23.5 Å². The molecule has 2 aromatic carbocycles. The number of methoxy groups -OCH3 is 1. The molecule has 0 unspecified atom stereocenters. The largest absolute Gasteiger partial charge is 0.497 e. The van der Waals surface area contributed by atoms with E-state index in [0.29, 0.717) is 22.9 Å². The highest BCUT2D eigenvalue weighted by molar-refractivity contribution is 6.02. The van der Waals surface area contributed by atoms with Crippen LogP contribution < -0.4 is 20.1 Å². The first-order chi connectivity index (χ1) is 13.1. The summed E-state index contributed by atoms with van der Waals surface area (Å²) in [6.07, 6.45) is 1.43. The van der Waals surface area contributed by atoms with Crippen LogP contribution in [0.5, 0.6) is 11.5 Å². The number of carbonyl (C=O) groups excluding carboxylic acids is 2. The summed E-state index contributed by atoms with van der Waals surface area (Å²) in [5, 5.41) is 5.43. The third-order valence-electron chi connectivity index (χ3n) is 3.60. The second-order valence-corrected chi connectivity index (χ2v) is 5.52. The number of anilines is 2. The number of rotatable bonds is 7. The van der Waals surface area contributed by atoms with Crippen LogP contribution in [0.25, 0.3) is 0 Å². The van der Waals surface area contributed by atoms with E-state index in [2.05, 4.69) is 10.6 Å². The molecule has 3 aromatic rings. The predicted octanol–water partition coefficient (Wildman–Crippen LogP) is 3.56. The van der Waals surface area contributed by atoms with Gasteiger partial charge in [-0.05, 0) is 60.7 Å². The monoisotopic (exact) mass is 366 g/mol. The van der Waals surface area contributed by atoms with Crippen molar-refractivity contribution in [2.24, 2.45) is 0 Å². The molecule has 0 atom stereocenters. The summed E-state index contributed by atoms with van der Waals surface area (Å²) >= 11 is 0. The Morgan fingerprint density at radius 3 is 2.11 bits per heavy atom. The number of carbonyl (C=O) groups is 2. The van der Waals surface area contributed by atoms with Gasteiger partial charge in [0.2, 0.25) is 0 Å². The Hall–Kier alpha value is -3.74. The highest BCUT2D eigenvalue weighted by atomic mass is 16.5. The van der Waals surface area contributed by atoms with Crippen molar-refractivity contribution in [3.8, 4) is 11.5 Å². The number of benzene rings is 2. The fourth-order valence-electron chi connectivity index (χ4n) is 2.26. The summed E-state index contributed by atoms with van der Waals surface area (Å²) in [6.45, 7) is -0.135. The minimum absolute atomic E-state index is 0.135. The SMILES string of the molecule is COc1ccc(NC(=O)COc2ccc(NC(=O)c3ccco3)cc2)cc1. The van der Waals surface area contributed by atoms with E-state index >= 15 is 0 Å². The molecule has 0 saturated heterocycles. The van der Waals surface area contributed by atoms with Crippen LogP contribution in [0.15, 0.2) is 71.3 Å². The van der Waals surface area contributed by atoms with E-state index in [0.717, 1.165) is 0 Å². The van der Waals surface area contributed by atoms with Gasteiger partial charge in [0, 0.05) is 11.4 Å². The number of hydrogen-bond donors (Lipinski definition) is 2. The lowest BCUT2D eigenvalue weighted by atomic mass is 10.3. The second-order valence-electron chi connectivity index (χ2n) is 5.52. The molecule has 0 aliphatic rings. The Labute approximate surface area is 155 Å². The number of hydrogen-bond acceptors (Lipinski definition) is 5. The Morgan fingerprint density at radius 1 is 0.889 bits per heavy atom. The van der Waals surface area contributed by atoms with Crippen molar-refractivity contribution in [1.29, 1.82) is 0 Å². The van der Waals surface area contributed by atoms with Crippen molar-refractivity contribution in [3.05, 3.63) is 72.7 Å². The van der Waals surface area contributed by atoms with E-state index in [9.17, 15) is 9.59 Å². The normalized spacial score (nSPS) is 10.1. The van der Waals surface area contributed by atoms with Crippen LogP contribution in [-0.4, -0.2) is 25.5 Å². The zero-order chi connectivity index (χ0) is 19.1. The van der Waals surface area contributed by atoms with Crippen molar-refractivity contribution in [2.45, 2.75) is 0 Å². The zero-order valence-electron chi connectivity index (χ0n) is 14.6. The fourth-order valence-corrected chi connectivity index (χ4v) is 2.26. The molecule has 138 valence electrons. The van der Waals surface area contributed by atoms with E-state index in [-0.39, 0.29) is 24.2 Å². The maximum absolute atomic E-state index is 11.9. The molecule has 0 spiro atoms. The van der Waals surface area contributed by atoms with Crippen LogP contribution in [0.2, 0.25) is 0 Å². The fraction of sp³-hybridized carbons (Fsp3) is 0.100. The first kappa shape index (κ1) is 18.1. The van der Waals surface area contributed by atoms with Crippen LogP contribution in [0.4, 0.5) is 11.4 Å². The molecule has 2 N–H and O–H groups in total. The van der Waals surface area contributed by atoms with Gasteiger partial charge in [-0.15, -0.1) is 0 Å². The number of ether oxygens (including phenoxy) is 2. The van der Waals surface area contributed by atoms with Crippen molar-refractivity contribution in [3.63, 3.8) is 0 Å². The summed E-state index contributed by atoms with van der Waals surface area (Å²) in [5.41, 5.74) is 1.24. The summed E-state index contributed by atoms with van der Waals surface area (Å²) in [6, 6.07) is 16.9. The average molecular weight is 366 g/mol. The lowest BCUT2D eigenvalue weighted by molar-refractivity contribution is -0.118. The zero-order valence-corrected chi connectivity index (χ0v) is 14.6. The lowest BCUT2D eigenvalue weighted by Crippen LogP contribution is -2.20. The van der Waals surface area contributed by atoms with Gasteiger partial charge in [0.1, 0.15) is 11.5 Å². The van der Waals surface area contributed by atoms with Crippen molar-refractivity contribution >= 4 is 23.2 Å². The van der Waals surface area contributed by atoms with E-state index in [1.54, 1.807) is 67.8 Å². The van der Waals surface area contributed by atoms with Gasteiger partial charge in [0.25, 0.3) is 11.8 Å². The van der Waals surface area contributed by atoms with Crippen LogP contribution in [0, 0.1) is 0 Å². The van der Waals surface area contributed by atoms with Crippen LogP contribution in [0.1, 0.15) is 10.6 Å². The van der Waals surface area contributed by atoms with Crippen LogP contribution in [-0.2, 0) is 4.79 Å². The molecule has 0 radical (unpaired) electrons. The van der Waals surface area contributed by atoms with E-state index < -0.39 is 0 Å². The maximum atomic E-state index is 11.9. The third-order valence-corrected chi connectivity index (χ3v) is 3.60. The Kier molecular flexibility index (Phi) is 5.73. The molecule has 0 fully saturated rings. The van der Waals surface area contributed by atoms with Crippen molar-refractivity contribution in [1.82, 2.24) is 0 Å². The Balaban J connectivity index is 1.47. The second kappa shape index (κ2) is 8.57. The molecule has 3 rings (SSSR count). The van der Waals surface area contributed by atoms with Gasteiger partial charge in [0.05, 0.1) is 13.4 Å². The first-order valence-corrected chi connectivity index (χ1v) is 8.15. The lowest BCUT2D eigenvalue weighted by Gasteiger charge is -2.09. The highest BCUT2D eigenvalue weighted by Crippen LogP contribution is 2.17. The van der Waals surface area contributed by atoms with Gasteiger partial charge in [0.15, 0.2) is 12.4 Å². The quantitative estimate of drug-likeness (QED) is 0.667. The Bertz CT molecular complexity index is 887. The van der Waals surface area contributed by atoms with E-state index in [1.165, 1.54) is 6.26 Å².